The number of nitrogens with one attached hydrogen (secondary N) is 1. The number of hydrogen-bond acceptors (Lipinski definition) is 6. The second-order valence-electron chi connectivity index (χ2n) is 6.11. The van der Waals surface area contributed by atoms with Gasteiger partial charge in [-0.3, -0.25) is 19.3 Å². The van der Waals surface area contributed by atoms with Crippen LogP contribution in [-0.2, 0) is 9.59 Å². The first-order chi connectivity index (χ1) is 14.3. The van der Waals surface area contributed by atoms with Gasteiger partial charge in [0.1, 0.15) is 18.0 Å². The van der Waals surface area contributed by atoms with Crippen LogP contribution in [0, 0.1) is 7.14 Å². The predicted octanol–water partition coefficient (Wildman–Crippen LogP) is 4.68. The third-order valence-corrected chi connectivity index (χ3v) is 6.51. The van der Waals surface area contributed by atoms with Crippen molar-refractivity contribution >= 4 is 85.8 Å². The molecule has 0 bridgehead atoms. The van der Waals surface area contributed by atoms with Crippen LogP contribution in [0.1, 0.15) is 12.5 Å². The van der Waals surface area contributed by atoms with E-state index < -0.39 is 17.1 Å². The molecule has 3 rings (SSSR count). The lowest BCUT2D eigenvalue weighted by Gasteiger charge is -2.12. The number of thioether (sulfide) groups is 1. The number of anilines is 1. The maximum atomic E-state index is 12.6. The van der Waals surface area contributed by atoms with Crippen LogP contribution in [0.3, 0.4) is 0 Å². The molecule has 0 atom stereocenters. The number of hydrogen-bond donors (Lipinski definition) is 2. The van der Waals surface area contributed by atoms with Gasteiger partial charge in [0.25, 0.3) is 11.1 Å². The molecule has 156 valence electrons. The summed E-state index contributed by atoms with van der Waals surface area (Å²) in [4.78, 5) is 38.3. The Kier molecular flexibility index (Phi) is 7.63. The topological polar surface area (TPSA) is 95.9 Å². The number of ether oxygens (including phenoxy) is 1. The molecule has 7 nitrogen and oxygen atoms in total. The Morgan fingerprint density at radius 1 is 1.20 bits per heavy atom. The van der Waals surface area contributed by atoms with Crippen molar-refractivity contribution in [2.75, 3.05) is 18.5 Å². The molecular weight excluding hydrogens is 634 g/mol. The van der Waals surface area contributed by atoms with Gasteiger partial charge in [-0.15, -0.1) is 0 Å². The predicted molar refractivity (Wildman–Crippen MR) is 132 cm³/mol. The number of carbonyl (C=O) groups is 3. The number of nitrogens with zero attached hydrogens (tertiary/aromatic N) is 1. The number of phenolic OH excluding ortho intramolecular Hbond substituents is 1. The van der Waals surface area contributed by atoms with E-state index >= 15 is 0 Å². The second-order valence-corrected chi connectivity index (χ2v) is 9.42. The minimum atomic E-state index is -0.523. The molecule has 0 saturated carbocycles. The summed E-state index contributed by atoms with van der Waals surface area (Å²) in [5.74, 6) is -0.140. The summed E-state index contributed by atoms with van der Waals surface area (Å²) in [6.45, 7) is 2.05. The van der Waals surface area contributed by atoms with Gasteiger partial charge in [0.15, 0.2) is 0 Å². The highest BCUT2D eigenvalue weighted by Gasteiger charge is 2.36. The fraction of sp³-hybridized carbons (Fsp3) is 0.150. The van der Waals surface area contributed by atoms with Crippen molar-refractivity contribution < 1.29 is 24.2 Å². The number of benzene rings is 2. The van der Waals surface area contributed by atoms with Gasteiger partial charge in [-0.1, -0.05) is 0 Å². The van der Waals surface area contributed by atoms with Crippen molar-refractivity contribution in [1.29, 1.82) is 0 Å². The van der Waals surface area contributed by atoms with Gasteiger partial charge in [-0.05, 0) is 112 Å². The first-order valence-electron chi connectivity index (χ1n) is 8.74. The average molecular weight is 650 g/mol. The Labute approximate surface area is 204 Å². The summed E-state index contributed by atoms with van der Waals surface area (Å²) in [5.41, 5.74) is 1.23. The summed E-state index contributed by atoms with van der Waals surface area (Å²) >= 11 is 4.77. The summed E-state index contributed by atoms with van der Waals surface area (Å²) < 4.78 is 6.63. The summed E-state index contributed by atoms with van der Waals surface area (Å²) in [7, 11) is 0. The minimum Gasteiger partial charge on any atom is -0.506 e. The molecule has 0 aromatic heterocycles. The molecular formula is C20H16I2N2O5S. The zero-order valence-electron chi connectivity index (χ0n) is 15.6. The van der Waals surface area contributed by atoms with Crippen LogP contribution in [0.5, 0.6) is 11.5 Å². The number of carbonyl (C=O) groups excluding carboxylic acids is 3. The van der Waals surface area contributed by atoms with Crippen LogP contribution < -0.4 is 10.1 Å². The Morgan fingerprint density at radius 3 is 2.43 bits per heavy atom. The lowest BCUT2D eigenvalue weighted by atomic mass is 10.2. The normalized spacial score (nSPS) is 15.0. The van der Waals surface area contributed by atoms with Gasteiger partial charge in [-0.25, -0.2) is 0 Å². The largest absolute Gasteiger partial charge is 0.506 e. The molecule has 1 heterocycles. The first-order valence-corrected chi connectivity index (χ1v) is 11.7. The van der Waals surface area contributed by atoms with Crippen LogP contribution >= 0.6 is 56.9 Å². The number of phenols is 1. The standard InChI is InChI=1S/C20H16I2N2O5S/c1-2-29-13-5-3-12(4-6-13)23-17(25)10-24-19(27)16(30-20(24)28)9-11-7-14(21)18(26)15(22)8-11/h3-9,26H,2,10H2,1H3,(H,23,25)/b16-9+. The SMILES string of the molecule is CCOc1ccc(NC(=O)CN2C(=O)S/C(=C/c3cc(I)c(O)c(I)c3)C2=O)cc1. The maximum Gasteiger partial charge on any atom is 0.294 e. The van der Waals surface area contributed by atoms with E-state index in [9.17, 15) is 19.5 Å². The number of amides is 3. The van der Waals surface area contributed by atoms with Crippen molar-refractivity contribution in [1.82, 2.24) is 4.90 Å². The molecule has 10 heteroatoms. The Bertz CT molecular complexity index is 1020. The molecule has 1 aliphatic rings. The third kappa shape index (κ3) is 5.46. The molecule has 2 aromatic rings. The van der Waals surface area contributed by atoms with E-state index in [-0.39, 0.29) is 17.2 Å². The molecule has 1 fully saturated rings. The molecule has 0 spiro atoms. The number of rotatable bonds is 6. The molecule has 3 amide bonds. The van der Waals surface area contributed by atoms with Gasteiger partial charge in [-0.2, -0.15) is 0 Å². The molecule has 1 saturated heterocycles. The monoisotopic (exact) mass is 650 g/mol. The van der Waals surface area contributed by atoms with Crippen molar-refractivity contribution in [2.24, 2.45) is 0 Å². The van der Waals surface area contributed by atoms with Crippen molar-refractivity contribution in [3.05, 3.63) is 54.0 Å². The molecule has 0 aliphatic carbocycles. The van der Waals surface area contributed by atoms with Gasteiger partial charge in [0.05, 0.1) is 18.7 Å². The van der Waals surface area contributed by atoms with E-state index in [0.29, 0.717) is 30.7 Å². The molecule has 1 aliphatic heterocycles. The molecule has 0 unspecified atom stereocenters. The van der Waals surface area contributed by atoms with Gasteiger partial charge in [0.2, 0.25) is 5.91 Å². The second kappa shape index (κ2) is 10.0. The van der Waals surface area contributed by atoms with Crippen LogP contribution in [0.15, 0.2) is 41.3 Å². The number of imide groups is 1. The first kappa shape index (κ1) is 22.9. The fourth-order valence-electron chi connectivity index (χ4n) is 2.60. The molecule has 2 N–H and O–H groups in total. The third-order valence-electron chi connectivity index (χ3n) is 3.96. The number of aromatic hydroxyl groups is 1. The van der Waals surface area contributed by atoms with E-state index in [1.165, 1.54) is 0 Å². The average Bonchev–Trinajstić information content (AvgIpc) is 2.95. The Hall–Kier alpha value is -1.80. The van der Waals surface area contributed by atoms with E-state index in [4.69, 9.17) is 4.74 Å². The zero-order chi connectivity index (χ0) is 21.8. The lowest BCUT2D eigenvalue weighted by molar-refractivity contribution is -0.127. The van der Waals surface area contributed by atoms with Crippen molar-refractivity contribution in [2.45, 2.75) is 6.92 Å². The van der Waals surface area contributed by atoms with Crippen LogP contribution in [0.25, 0.3) is 6.08 Å². The highest BCUT2D eigenvalue weighted by atomic mass is 127. The van der Waals surface area contributed by atoms with E-state index in [0.717, 1.165) is 16.7 Å². The molecule has 0 radical (unpaired) electrons. The lowest BCUT2D eigenvalue weighted by Crippen LogP contribution is -2.36. The van der Waals surface area contributed by atoms with Gasteiger partial charge in [0, 0.05) is 5.69 Å². The van der Waals surface area contributed by atoms with E-state index in [1.807, 2.05) is 52.1 Å². The zero-order valence-corrected chi connectivity index (χ0v) is 20.8. The van der Waals surface area contributed by atoms with Crippen molar-refractivity contribution in [3.63, 3.8) is 0 Å². The Balaban J connectivity index is 1.68. The fourth-order valence-corrected chi connectivity index (χ4v) is 5.26. The van der Waals surface area contributed by atoms with E-state index in [2.05, 4.69) is 5.32 Å². The maximum absolute atomic E-state index is 12.6. The van der Waals surface area contributed by atoms with Crippen LogP contribution in [-0.4, -0.2) is 40.2 Å². The minimum absolute atomic E-state index is 0.174. The van der Waals surface area contributed by atoms with Gasteiger partial charge >= 0.3 is 0 Å². The quantitative estimate of drug-likeness (QED) is 0.349. The van der Waals surface area contributed by atoms with Crippen molar-refractivity contribution in [3.8, 4) is 11.5 Å². The Morgan fingerprint density at radius 2 is 1.83 bits per heavy atom. The summed E-state index contributed by atoms with van der Waals surface area (Å²) in [5, 5.41) is 12.0. The summed E-state index contributed by atoms with van der Waals surface area (Å²) in [6, 6.07) is 10.2. The highest BCUT2D eigenvalue weighted by molar-refractivity contribution is 14.1. The highest BCUT2D eigenvalue weighted by Crippen LogP contribution is 2.34. The smallest absolute Gasteiger partial charge is 0.294 e. The number of halogens is 2. The van der Waals surface area contributed by atoms with Crippen LogP contribution in [0.2, 0.25) is 0 Å². The van der Waals surface area contributed by atoms with E-state index in [1.54, 1.807) is 42.5 Å². The summed E-state index contributed by atoms with van der Waals surface area (Å²) in [6.07, 6.45) is 1.58. The molecule has 30 heavy (non-hydrogen) atoms. The van der Waals surface area contributed by atoms with Crippen LogP contribution in [0.4, 0.5) is 10.5 Å². The molecule has 2 aromatic carbocycles. The van der Waals surface area contributed by atoms with Gasteiger partial charge < -0.3 is 15.2 Å².